The molecule has 1 aromatic rings. The van der Waals surface area contributed by atoms with Crippen molar-refractivity contribution in [3.8, 4) is 0 Å². The lowest BCUT2D eigenvalue weighted by Gasteiger charge is -2.34. The van der Waals surface area contributed by atoms with Crippen molar-refractivity contribution in [3.05, 3.63) is 39.6 Å². The number of pyridine rings is 1. The van der Waals surface area contributed by atoms with Gasteiger partial charge < -0.3 is 5.32 Å². The summed E-state index contributed by atoms with van der Waals surface area (Å²) in [6, 6.07) is -0.0346. The van der Waals surface area contributed by atoms with Crippen molar-refractivity contribution in [1.82, 2.24) is 15.2 Å². The minimum Gasteiger partial charge on any atom is -0.314 e. The average molecular weight is 380 g/mol. The predicted molar refractivity (Wildman–Crippen MR) is 91.1 cm³/mol. The van der Waals surface area contributed by atoms with E-state index in [9.17, 15) is 0 Å². The maximum atomic E-state index is 6.22. The van der Waals surface area contributed by atoms with E-state index >= 15 is 0 Å². The Balaban J connectivity index is 0.00000180. The second-order valence-corrected chi connectivity index (χ2v) is 5.23. The van der Waals surface area contributed by atoms with E-state index in [4.69, 9.17) is 34.8 Å². The topological polar surface area (TPSA) is 28.2 Å². The monoisotopic (exact) mass is 377 g/mol. The van der Waals surface area contributed by atoms with Crippen molar-refractivity contribution in [3.63, 3.8) is 0 Å². The molecule has 1 aliphatic heterocycles. The van der Waals surface area contributed by atoms with E-state index in [1.54, 1.807) is 0 Å². The van der Waals surface area contributed by atoms with E-state index in [0.717, 1.165) is 31.7 Å². The summed E-state index contributed by atoms with van der Waals surface area (Å²) in [5, 5.41) is 4.51. The largest absolute Gasteiger partial charge is 0.314 e. The molecule has 2 rings (SSSR count). The summed E-state index contributed by atoms with van der Waals surface area (Å²) >= 11 is 18.4. The van der Waals surface area contributed by atoms with Gasteiger partial charge in [-0.05, 0) is 0 Å². The highest BCUT2D eigenvalue weighted by Crippen LogP contribution is 2.37. The van der Waals surface area contributed by atoms with Gasteiger partial charge in [-0.15, -0.1) is 31.4 Å². The zero-order valence-electron chi connectivity index (χ0n) is 10.6. The fraction of sp³-hybridized carbons (Fsp3) is 0.417. The fourth-order valence-corrected chi connectivity index (χ4v) is 2.85. The second kappa shape index (κ2) is 9.31. The first kappa shape index (κ1) is 20.3. The van der Waals surface area contributed by atoms with Crippen molar-refractivity contribution >= 4 is 59.6 Å². The molecule has 1 N–H and O–H groups in total. The molecule has 2 heterocycles. The molecule has 114 valence electrons. The standard InChI is InChI=1S/C12H14Cl3N3.2ClH/c1-2-9(18-5-3-16-4-6-18)10-8(13)7-17-12(15)11(10)14;;/h2,7,9,16H,1,3-6H2;2*1H/t9-;;/m1../s1. The molecule has 0 saturated carbocycles. The lowest BCUT2D eigenvalue weighted by molar-refractivity contribution is 0.203. The number of rotatable bonds is 3. The minimum atomic E-state index is -0.0346. The Morgan fingerprint density at radius 3 is 2.40 bits per heavy atom. The van der Waals surface area contributed by atoms with Crippen LogP contribution in [0.25, 0.3) is 0 Å². The van der Waals surface area contributed by atoms with E-state index in [2.05, 4.69) is 21.8 Å². The van der Waals surface area contributed by atoms with E-state index in [-0.39, 0.29) is 36.0 Å². The molecule has 1 saturated heterocycles. The van der Waals surface area contributed by atoms with Gasteiger partial charge in [-0.2, -0.15) is 0 Å². The Labute approximate surface area is 146 Å². The Hall–Kier alpha value is 0.260. The number of nitrogens with zero attached hydrogens (tertiary/aromatic N) is 2. The molecule has 1 aromatic heterocycles. The molecule has 0 unspecified atom stereocenters. The summed E-state index contributed by atoms with van der Waals surface area (Å²) in [6.07, 6.45) is 3.37. The summed E-state index contributed by atoms with van der Waals surface area (Å²) in [7, 11) is 0. The van der Waals surface area contributed by atoms with Gasteiger partial charge >= 0.3 is 0 Å². The highest BCUT2D eigenvalue weighted by molar-refractivity contribution is 6.43. The molecular formula is C12H16Cl5N3. The van der Waals surface area contributed by atoms with Crippen LogP contribution in [-0.2, 0) is 0 Å². The smallest absolute Gasteiger partial charge is 0.148 e. The third kappa shape index (κ3) is 4.38. The zero-order valence-corrected chi connectivity index (χ0v) is 14.5. The van der Waals surface area contributed by atoms with E-state index in [0.29, 0.717) is 10.0 Å². The summed E-state index contributed by atoms with van der Waals surface area (Å²) < 4.78 is 0. The second-order valence-electron chi connectivity index (χ2n) is 4.09. The lowest BCUT2D eigenvalue weighted by atomic mass is 10.1. The van der Waals surface area contributed by atoms with Gasteiger partial charge in [0.05, 0.1) is 16.1 Å². The first-order valence-corrected chi connectivity index (χ1v) is 6.85. The van der Waals surface area contributed by atoms with Crippen molar-refractivity contribution in [2.45, 2.75) is 6.04 Å². The van der Waals surface area contributed by atoms with E-state index in [1.807, 2.05) is 6.08 Å². The molecule has 8 heteroatoms. The third-order valence-corrected chi connectivity index (χ3v) is 4.10. The maximum absolute atomic E-state index is 6.22. The van der Waals surface area contributed by atoms with E-state index in [1.165, 1.54) is 6.20 Å². The van der Waals surface area contributed by atoms with Crippen LogP contribution < -0.4 is 5.32 Å². The predicted octanol–water partition coefficient (Wildman–Crippen LogP) is 4.02. The highest BCUT2D eigenvalue weighted by Gasteiger charge is 2.25. The molecule has 3 nitrogen and oxygen atoms in total. The Kier molecular flexibility index (Phi) is 9.43. The fourth-order valence-electron chi connectivity index (χ4n) is 2.14. The molecule has 0 aromatic carbocycles. The average Bonchev–Trinajstić information content (AvgIpc) is 2.40. The summed E-state index contributed by atoms with van der Waals surface area (Å²) in [6.45, 7) is 7.61. The maximum Gasteiger partial charge on any atom is 0.148 e. The van der Waals surface area contributed by atoms with Gasteiger partial charge in [0.1, 0.15) is 5.15 Å². The van der Waals surface area contributed by atoms with Crippen molar-refractivity contribution in [2.24, 2.45) is 0 Å². The number of hydrogen-bond donors (Lipinski definition) is 1. The van der Waals surface area contributed by atoms with Crippen LogP contribution in [0.2, 0.25) is 15.2 Å². The third-order valence-electron chi connectivity index (χ3n) is 3.03. The van der Waals surface area contributed by atoms with Crippen LogP contribution in [0.1, 0.15) is 11.6 Å². The highest BCUT2D eigenvalue weighted by atomic mass is 35.5. The molecule has 0 radical (unpaired) electrons. The van der Waals surface area contributed by atoms with Gasteiger partial charge in [-0.3, -0.25) is 4.90 Å². The van der Waals surface area contributed by atoms with Gasteiger partial charge in [-0.25, -0.2) is 4.98 Å². The number of hydrogen-bond acceptors (Lipinski definition) is 3. The Bertz CT molecular complexity index is 449. The summed E-state index contributed by atoms with van der Waals surface area (Å²) in [4.78, 5) is 6.21. The van der Waals surface area contributed by atoms with Gasteiger partial charge in [0.15, 0.2) is 0 Å². The van der Waals surface area contributed by atoms with E-state index < -0.39 is 0 Å². The molecular weight excluding hydrogens is 363 g/mol. The van der Waals surface area contributed by atoms with Crippen LogP contribution in [0.4, 0.5) is 0 Å². The number of halogens is 5. The number of aromatic nitrogens is 1. The van der Waals surface area contributed by atoms with Gasteiger partial charge in [0.2, 0.25) is 0 Å². The quantitative estimate of drug-likeness (QED) is 0.635. The van der Waals surface area contributed by atoms with Crippen LogP contribution >= 0.6 is 59.6 Å². The summed E-state index contributed by atoms with van der Waals surface area (Å²) in [5.74, 6) is 0. The normalized spacial score (nSPS) is 16.8. The molecule has 0 spiro atoms. The van der Waals surface area contributed by atoms with Gasteiger partial charge in [-0.1, -0.05) is 40.9 Å². The van der Waals surface area contributed by atoms with Crippen LogP contribution in [0.5, 0.6) is 0 Å². The van der Waals surface area contributed by atoms with Crippen molar-refractivity contribution in [1.29, 1.82) is 0 Å². The molecule has 0 bridgehead atoms. The molecule has 1 aliphatic rings. The van der Waals surface area contributed by atoms with Gasteiger partial charge in [0.25, 0.3) is 0 Å². The van der Waals surface area contributed by atoms with Crippen LogP contribution in [0.15, 0.2) is 18.9 Å². The zero-order chi connectivity index (χ0) is 13.1. The molecule has 0 aliphatic carbocycles. The van der Waals surface area contributed by atoms with Crippen LogP contribution in [-0.4, -0.2) is 36.1 Å². The van der Waals surface area contributed by atoms with Crippen LogP contribution in [0, 0.1) is 0 Å². The summed E-state index contributed by atoms with van der Waals surface area (Å²) in [5.41, 5.74) is 0.787. The first-order chi connectivity index (χ1) is 8.65. The SMILES string of the molecule is C=C[C@H](c1c(Cl)cnc(Cl)c1Cl)N1CCNCC1.Cl.Cl. The molecule has 1 fully saturated rings. The van der Waals surface area contributed by atoms with Crippen molar-refractivity contribution in [2.75, 3.05) is 26.2 Å². The van der Waals surface area contributed by atoms with Crippen LogP contribution in [0.3, 0.4) is 0 Å². The van der Waals surface area contributed by atoms with Gasteiger partial charge in [0, 0.05) is 37.9 Å². The molecule has 1 atom stereocenters. The molecule has 20 heavy (non-hydrogen) atoms. The van der Waals surface area contributed by atoms with Crippen molar-refractivity contribution < 1.29 is 0 Å². The minimum absolute atomic E-state index is 0. The number of piperazine rings is 1. The Morgan fingerprint density at radius 2 is 1.85 bits per heavy atom. The lowest BCUT2D eigenvalue weighted by Crippen LogP contribution is -2.44. The number of nitrogens with one attached hydrogen (secondary N) is 1. The molecule has 0 amide bonds. The first-order valence-electron chi connectivity index (χ1n) is 5.72. The Morgan fingerprint density at radius 1 is 1.25 bits per heavy atom.